The molecule has 0 spiro atoms. The summed E-state index contributed by atoms with van der Waals surface area (Å²) in [4.78, 5) is 4.40. The first-order valence-corrected chi connectivity index (χ1v) is 17.3. The third-order valence-corrected chi connectivity index (χ3v) is 9.51. The van der Waals surface area contributed by atoms with Crippen LogP contribution in [-0.4, -0.2) is 18.2 Å². The first-order valence-electron chi connectivity index (χ1n) is 17.3. The first-order chi connectivity index (χ1) is 20.9. The molecule has 0 saturated heterocycles. The molecule has 1 aromatic carbocycles. The number of hydrogen-bond donors (Lipinski definition) is 0. The number of halogens is 4. The van der Waals surface area contributed by atoms with E-state index in [0.29, 0.717) is 25.9 Å². The Labute approximate surface area is 257 Å². The fourth-order valence-corrected chi connectivity index (χ4v) is 6.58. The molecule has 4 rings (SSSR count). The van der Waals surface area contributed by atoms with Gasteiger partial charge in [-0.2, -0.15) is 0 Å². The number of pyridine rings is 1. The largest absolute Gasteiger partial charge is 0.381 e. The van der Waals surface area contributed by atoms with Gasteiger partial charge in [0.15, 0.2) is 11.6 Å². The molecule has 1 aromatic heterocycles. The maximum atomic E-state index is 15.5. The molecule has 1 atom stereocenters. The summed E-state index contributed by atoms with van der Waals surface area (Å²) < 4.78 is 67.0. The van der Waals surface area contributed by atoms with E-state index in [1.54, 1.807) is 12.3 Å². The molecular weight excluding hydrogens is 550 g/mol. The Morgan fingerprint density at radius 2 is 1.47 bits per heavy atom. The average molecular weight is 604 g/mol. The van der Waals surface area contributed by atoms with Crippen molar-refractivity contribution in [1.29, 1.82) is 0 Å². The molecule has 240 valence electrons. The van der Waals surface area contributed by atoms with Crippen molar-refractivity contribution in [3.05, 3.63) is 52.7 Å². The lowest BCUT2D eigenvalue weighted by atomic mass is 9.77. The molecule has 0 aliphatic heterocycles. The van der Waals surface area contributed by atoms with Crippen molar-refractivity contribution < 1.29 is 22.3 Å². The van der Waals surface area contributed by atoms with Crippen molar-refractivity contribution in [2.75, 3.05) is 13.2 Å². The molecule has 0 N–H and O–H groups in total. The SMILES string of the molecule is CCCCCOCCCCCC1CCc2cc(-c3ccc(CCCCCCCCCC4CC4)cn3)c(F)c(F)c2C1(F)F. The summed E-state index contributed by atoms with van der Waals surface area (Å²) in [5, 5.41) is 0. The normalized spacial score (nSPS) is 17.7. The Kier molecular flexibility index (Phi) is 13.8. The predicted molar refractivity (Wildman–Crippen MR) is 167 cm³/mol. The highest BCUT2D eigenvalue weighted by atomic mass is 19.3. The molecule has 0 amide bonds. The van der Waals surface area contributed by atoms with Gasteiger partial charge in [-0.25, -0.2) is 17.6 Å². The second-order valence-electron chi connectivity index (χ2n) is 13.1. The van der Waals surface area contributed by atoms with Crippen LogP contribution in [-0.2, 0) is 23.5 Å². The number of unbranched alkanes of at least 4 members (excludes halogenated alkanes) is 10. The van der Waals surface area contributed by atoms with E-state index in [2.05, 4.69) is 11.9 Å². The van der Waals surface area contributed by atoms with Crippen molar-refractivity contribution in [3.8, 4) is 11.3 Å². The second-order valence-corrected chi connectivity index (χ2v) is 13.1. The lowest BCUT2D eigenvalue weighted by Crippen LogP contribution is -2.33. The molecule has 6 heteroatoms. The summed E-state index contributed by atoms with van der Waals surface area (Å²) in [5.41, 5.74) is 0.775. The monoisotopic (exact) mass is 603 g/mol. The highest BCUT2D eigenvalue weighted by Gasteiger charge is 2.48. The minimum Gasteiger partial charge on any atom is -0.381 e. The van der Waals surface area contributed by atoms with E-state index in [0.717, 1.165) is 63.0 Å². The molecule has 2 aromatic rings. The zero-order valence-corrected chi connectivity index (χ0v) is 26.4. The fraction of sp³-hybridized carbons (Fsp3) is 0.703. The van der Waals surface area contributed by atoms with Gasteiger partial charge in [-0.3, -0.25) is 4.98 Å². The highest BCUT2D eigenvalue weighted by Crippen LogP contribution is 2.49. The van der Waals surface area contributed by atoms with E-state index in [-0.39, 0.29) is 23.2 Å². The number of hydrogen-bond acceptors (Lipinski definition) is 2. The number of aromatic nitrogens is 1. The lowest BCUT2D eigenvalue weighted by Gasteiger charge is -2.34. The summed E-state index contributed by atoms with van der Waals surface area (Å²) in [5.74, 6) is -5.97. The molecule has 2 aliphatic rings. The summed E-state index contributed by atoms with van der Waals surface area (Å²) in [6, 6.07) is 5.00. The molecule has 2 aliphatic carbocycles. The first kappa shape index (κ1) is 33.9. The van der Waals surface area contributed by atoms with Gasteiger partial charge in [-0.05, 0) is 74.1 Å². The van der Waals surface area contributed by atoms with Crippen LogP contribution in [0.4, 0.5) is 17.6 Å². The molecular formula is C37H53F4NO. The van der Waals surface area contributed by atoms with Crippen LogP contribution in [0, 0.1) is 23.5 Å². The van der Waals surface area contributed by atoms with Crippen LogP contribution < -0.4 is 0 Å². The van der Waals surface area contributed by atoms with Gasteiger partial charge in [-0.15, -0.1) is 0 Å². The molecule has 2 nitrogen and oxygen atoms in total. The number of alkyl halides is 2. The molecule has 0 bridgehead atoms. The summed E-state index contributed by atoms with van der Waals surface area (Å²) in [6.45, 7) is 3.54. The van der Waals surface area contributed by atoms with Crippen molar-refractivity contribution in [1.82, 2.24) is 4.98 Å². The number of ether oxygens (including phenoxy) is 1. The zero-order chi connectivity index (χ0) is 30.5. The Hall–Kier alpha value is -1.95. The summed E-state index contributed by atoms with van der Waals surface area (Å²) in [6.07, 6.45) is 22.3. The van der Waals surface area contributed by atoms with Crippen LogP contribution in [0.3, 0.4) is 0 Å². The maximum absolute atomic E-state index is 15.5. The molecule has 1 saturated carbocycles. The molecule has 43 heavy (non-hydrogen) atoms. The number of rotatable bonds is 21. The van der Waals surface area contributed by atoms with Crippen LogP contribution in [0.15, 0.2) is 24.4 Å². The molecule has 1 unspecified atom stereocenters. The standard InChI is InChI=1S/C37H53F4NO/c1-2-3-13-24-43-25-14-9-12-17-31-22-21-30-26-32(35(38)36(39)34(30)37(31,40)41)33-23-20-29(27-42-33)16-11-8-6-4-5-7-10-15-28-18-19-28/h20,23,26-28,31H,2-19,21-22,24-25H2,1H3. The lowest BCUT2D eigenvalue weighted by molar-refractivity contribution is -0.0823. The fourth-order valence-electron chi connectivity index (χ4n) is 6.58. The van der Waals surface area contributed by atoms with Crippen LogP contribution in [0.5, 0.6) is 0 Å². The second kappa shape index (κ2) is 17.5. The van der Waals surface area contributed by atoms with Crippen molar-refractivity contribution in [3.63, 3.8) is 0 Å². The van der Waals surface area contributed by atoms with Gasteiger partial charge in [0.1, 0.15) is 0 Å². The minimum atomic E-state index is -3.39. The maximum Gasteiger partial charge on any atom is 0.279 e. The van der Waals surface area contributed by atoms with E-state index in [1.165, 1.54) is 63.9 Å². The molecule has 0 radical (unpaired) electrons. The van der Waals surface area contributed by atoms with Crippen LogP contribution in [0.2, 0.25) is 0 Å². The Balaban J connectivity index is 1.23. The Morgan fingerprint density at radius 3 is 2.16 bits per heavy atom. The van der Waals surface area contributed by atoms with Gasteiger partial charge in [0.05, 0.1) is 11.3 Å². The number of benzene rings is 1. The van der Waals surface area contributed by atoms with Crippen LogP contribution in [0.25, 0.3) is 11.3 Å². The van der Waals surface area contributed by atoms with Gasteiger partial charge in [0.2, 0.25) is 0 Å². The van der Waals surface area contributed by atoms with Crippen molar-refractivity contribution >= 4 is 0 Å². The number of aryl methyl sites for hydroxylation is 2. The zero-order valence-electron chi connectivity index (χ0n) is 26.4. The Morgan fingerprint density at radius 1 is 0.791 bits per heavy atom. The van der Waals surface area contributed by atoms with Crippen molar-refractivity contribution in [2.45, 2.75) is 141 Å². The molecule has 1 heterocycles. The number of fused-ring (bicyclic) bond motifs is 1. The third kappa shape index (κ3) is 10.3. The van der Waals surface area contributed by atoms with E-state index < -0.39 is 29.0 Å². The smallest absolute Gasteiger partial charge is 0.279 e. The topological polar surface area (TPSA) is 22.1 Å². The van der Waals surface area contributed by atoms with Crippen LogP contribution in [0.1, 0.15) is 139 Å². The average Bonchev–Trinajstić information content (AvgIpc) is 3.83. The Bertz CT molecular complexity index is 1100. The predicted octanol–water partition coefficient (Wildman–Crippen LogP) is 11.5. The van der Waals surface area contributed by atoms with E-state index in [4.69, 9.17) is 4.74 Å². The van der Waals surface area contributed by atoms with E-state index >= 15 is 17.6 Å². The molecule has 1 fully saturated rings. The quantitative estimate of drug-likeness (QED) is 0.105. The number of nitrogens with zero attached hydrogens (tertiary/aromatic N) is 1. The highest BCUT2D eigenvalue weighted by molar-refractivity contribution is 5.63. The van der Waals surface area contributed by atoms with E-state index in [9.17, 15) is 0 Å². The van der Waals surface area contributed by atoms with Crippen molar-refractivity contribution in [2.24, 2.45) is 11.8 Å². The van der Waals surface area contributed by atoms with Gasteiger partial charge >= 0.3 is 0 Å². The van der Waals surface area contributed by atoms with Gasteiger partial charge in [-0.1, -0.05) is 96.5 Å². The van der Waals surface area contributed by atoms with Gasteiger partial charge < -0.3 is 4.74 Å². The van der Waals surface area contributed by atoms with Crippen LogP contribution >= 0.6 is 0 Å². The van der Waals surface area contributed by atoms with E-state index in [1.807, 2.05) is 6.07 Å². The summed E-state index contributed by atoms with van der Waals surface area (Å²) >= 11 is 0. The van der Waals surface area contributed by atoms with Gasteiger partial charge in [0, 0.05) is 30.9 Å². The third-order valence-electron chi connectivity index (χ3n) is 9.51. The minimum absolute atomic E-state index is 0.0299. The summed E-state index contributed by atoms with van der Waals surface area (Å²) in [7, 11) is 0. The van der Waals surface area contributed by atoms with Gasteiger partial charge in [0.25, 0.3) is 5.92 Å².